The molecule has 25 heavy (non-hydrogen) atoms. The summed E-state index contributed by atoms with van der Waals surface area (Å²) in [5.41, 5.74) is -0.0893. The van der Waals surface area contributed by atoms with Gasteiger partial charge < -0.3 is 25.5 Å². The van der Waals surface area contributed by atoms with Crippen LogP contribution in [-0.2, 0) is 4.79 Å². The summed E-state index contributed by atoms with van der Waals surface area (Å²) in [5.74, 6) is -1.20. The fourth-order valence-electron chi connectivity index (χ4n) is 4.97. The SMILES string of the molecule is C[C@H]1C[C@H]2[C@H](C=C[C@@H]3C[C@@H](O)C[C@@H](O)C[C@H](O)/C(C(=O)O)=C/[C@H]23)[C@H]1O. The number of hydrogen-bond acceptors (Lipinski definition) is 5. The molecule has 0 aromatic rings. The smallest absolute Gasteiger partial charge is 0.333 e. The molecular weight excluding hydrogens is 324 g/mol. The molecule has 0 aromatic heterocycles. The third kappa shape index (κ3) is 3.67. The van der Waals surface area contributed by atoms with Crippen LogP contribution < -0.4 is 0 Å². The lowest BCUT2D eigenvalue weighted by Crippen LogP contribution is -2.36. The molecule has 1 fully saturated rings. The van der Waals surface area contributed by atoms with Crippen molar-refractivity contribution < 1.29 is 30.3 Å². The molecule has 0 bridgehead atoms. The molecule has 0 radical (unpaired) electrons. The van der Waals surface area contributed by atoms with E-state index in [9.17, 15) is 30.3 Å². The zero-order valence-corrected chi connectivity index (χ0v) is 14.4. The first-order valence-electron chi connectivity index (χ1n) is 9.13. The van der Waals surface area contributed by atoms with E-state index in [4.69, 9.17) is 0 Å². The Labute approximate surface area is 147 Å². The highest BCUT2D eigenvalue weighted by atomic mass is 16.4. The third-order valence-corrected chi connectivity index (χ3v) is 6.25. The van der Waals surface area contributed by atoms with Gasteiger partial charge in [-0.3, -0.25) is 0 Å². The average Bonchev–Trinajstić information content (AvgIpc) is 2.80. The van der Waals surface area contributed by atoms with Crippen molar-refractivity contribution in [2.45, 2.75) is 57.0 Å². The van der Waals surface area contributed by atoms with Crippen LogP contribution >= 0.6 is 0 Å². The minimum absolute atomic E-state index is 0.0228. The average molecular weight is 352 g/mol. The van der Waals surface area contributed by atoms with Gasteiger partial charge in [0, 0.05) is 12.3 Å². The van der Waals surface area contributed by atoms with Crippen molar-refractivity contribution in [1.29, 1.82) is 0 Å². The van der Waals surface area contributed by atoms with Crippen molar-refractivity contribution in [2.24, 2.45) is 29.6 Å². The highest BCUT2D eigenvalue weighted by Crippen LogP contribution is 2.49. The van der Waals surface area contributed by atoms with Crippen LogP contribution in [0.15, 0.2) is 23.8 Å². The van der Waals surface area contributed by atoms with Gasteiger partial charge in [0.25, 0.3) is 0 Å². The molecule has 0 unspecified atom stereocenters. The van der Waals surface area contributed by atoms with Gasteiger partial charge in [-0.1, -0.05) is 25.2 Å². The highest BCUT2D eigenvalue weighted by molar-refractivity contribution is 5.87. The van der Waals surface area contributed by atoms with Gasteiger partial charge in [-0.15, -0.1) is 0 Å². The van der Waals surface area contributed by atoms with Crippen molar-refractivity contribution >= 4 is 5.97 Å². The van der Waals surface area contributed by atoms with E-state index in [0.717, 1.165) is 6.42 Å². The molecule has 1 saturated carbocycles. The number of rotatable bonds is 1. The summed E-state index contributed by atoms with van der Waals surface area (Å²) < 4.78 is 0. The molecular formula is C19H28O6. The molecule has 6 nitrogen and oxygen atoms in total. The number of carbonyl (C=O) groups is 1. The van der Waals surface area contributed by atoms with Crippen molar-refractivity contribution in [2.75, 3.05) is 0 Å². The van der Waals surface area contributed by atoms with Crippen molar-refractivity contribution in [3.8, 4) is 0 Å². The molecule has 0 aliphatic heterocycles. The van der Waals surface area contributed by atoms with Gasteiger partial charge in [0.15, 0.2) is 0 Å². The van der Waals surface area contributed by atoms with Crippen molar-refractivity contribution in [3.63, 3.8) is 0 Å². The topological polar surface area (TPSA) is 118 Å². The maximum absolute atomic E-state index is 11.7. The van der Waals surface area contributed by atoms with Gasteiger partial charge in [-0.2, -0.15) is 0 Å². The second-order valence-electron chi connectivity index (χ2n) is 8.03. The number of fused-ring (bicyclic) bond motifs is 3. The number of carboxylic acid groups (broad SMARTS) is 1. The van der Waals surface area contributed by atoms with Gasteiger partial charge in [0.2, 0.25) is 0 Å². The normalized spacial score (nSPS) is 49.6. The van der Waals surface area contributed by atoms with Gasteiger partial charge in [0.05, 0.1) is 30.0 Å². The summed E-state index contributed by atoms with van der Waals surface area (Å²) in [4.78, 5) is 11.7. The molecule has 3 rings (SSSR count). The predicted molar refractivity (Wildman–Crippen MR) is 90.5 cm³/mol. The van der Waals surface area contributed by atoms with E-state index in [2.05, 4.69) is 0 Å². The number of carboxylic acids is 1. The van der Waals surface area contributed by atoms with E-state index in [1.165, 1.54) is 0 Å². The fraction of sp³-hybridized carbons (Fsp3) is 0.737. The maximum atomic E-state index is 11.7. The third-order valence-electron chi connectivity index (χ3n) is 6.25. The van der Waals surface area contributed by atoms with E-state index in [1.54, 1.807) is 6.08 Å². The molecule has 0 spiro atoms. The van der Waals surface area contributed by atoms with Gasteiger partial charge in [-0.25, -0.2) is 4.79 Å². The monoisotopic (exact) mass is 352 g/mol. The molecule has 140 valence electrons. The molecule has 0 saturated heterocycles. The second-order valence-corrected chi connectivity index (χ2v) is 8.03. The Morgan fingerprint density at radius 2 is 1.64 bits per heavy atom. The molecule has 3 aliphatic rings. The molecule has 6 heteroatoms. The van der Waals surface area contributed by atoms with Gasteiger partial charge >= 0.3 is 5.97 Å². The van der Waals surface area contributed by atoms with Crippen LogP contribution in [0.3, 0.4) is 0 Å². The van der Waals surface area contributed by atoms with Gasteiger partial charge in [-0.05, 0) is 42.9 Å². The Bertz CT molecular complexity index is 570. The largest absolute Gasteiger partial charge is 0.478 e. The molecule has 0 aromatic carbocycles. The van der Waals surface area contributed by atoms with Crippen LogP contribution in [0.2, 0.25) is 0 Å². The Kier molecular flexibility index (Phi) is 5.34. The van der Waals surface area contributed by atoms with Crippen LogP contribution in [-0.4, -0.2) is 55.9 Å². The van der Waals surface area contributed by atoms with E-state index >= 15 is 0 Å². The first kappa shape index (κ1) is 18.6. The number of hydrogen-bond donors (Lipinski definition) is 5. The number of aliphatic carboxylic acids is 1. The van der Waals surface area contributed by atoms with Crippen molar-refractivity contribution in [1.82, 2.24) is 0 Å². The summed E-state index contributed by atoms with van der Waals surface area (Å²) in [6, 6.07) is 0. The molecule has 0 heterocycles. The molecule has 5 N–H and O–H groups in total. The van der Waals surface area contributed by atoms with E-state index < -0.39 is 30.4 Å². The van der Waals surface area contributed by atoms with E-state index in [0.29, 0.717) is 6.42 Å². The summed E-state index contributed by atoms with van der Waals surface area (Å²) in [6.45, 7) is 1.99. The summed E-state index contributed by atoms with van der Waals surface area (Å²) in [6.07, 6.45) is 3.45. The Balaban J connectivity index is 2.00. The molecule has 0 amide bonds. The summed E-state index contributed by atoms with van der Waals surface area (Å²) >= 11 is 0. The fourth-order valence-corrected chi connectivity index (χ4v) is 4.97. The number of aliphatic hydroxyl groups is 4. The zero-order chi connectivity index (χ0) is 18.3. The lowest BCUT2D eigenvalue weighted by atomic mass is 9.68. The molecule has 9 atom stereocenters. The van der Waals surface area contributed by atoms with Crippen LogP contribution in [0, 0.1) is 29.6 Å². The van der Waals surface area contributed by atoms with Crippen LogP contribution in [0.4, 0.5) is 0 Å². The first-order valence-corrected chi connectivity index (χ1v) is 9.13. The van der Waals surface area contributed by atoms with Crippen LogP contribution in [0.1, 0.15) is 32.6 Å². The Hall–Kier alpha value is -1.21. The Morgan fingerprint density at radius 3 is 2.32 bits per heavy atom. The summed E-state index contributed by atoms with van der Waals surface area (Å²) in [5, 5.41) is 50.5. The maximum Gasteiger partial charge on any atom is 0.333 e. The van der Waals surface area contributed by atoms with Gasteiger partial charge in [0.1, 0.15) is 0 Å². The Morgan fingerprint density at radius 1 is 0.960 bits per heavy atom. The van der Waals surface area contributed by atoms with Crippen LogP contribution in [0.5, 0.6) is 0 Å². The summed E-state index contributed by atoms with van der Waals surface area (Å²) in [7, 11) is 0. The van der Waals surface area contributed by atoms with E-state index in [1.807, 2.05) is 19.1 Å². The second kappa shape index (κ2) is 7.19. The van der Waals surface area contributed by atoms with E-state index in [-0.39, 0.29) is 48.0 Å². The standard InChI is InChI=1S/C19H28O6/c1-9-4-15-13(18(9)23)3-2-10-5-11(20)6-12(21)7-17(22)16(19(24)25)8-14(10)15/h2-3,8-15,17-18,20-23H,4-7H2,1H3,(H,24,25)/b16-8-/t9-,10+,11+,12+,13-,14-,15-,17-,18-/m0/s1. The van der Waals surface area contributed by atoms with Crippen LogP contribution in [0.25, 0.3) is 0 Å². The zero-order valence-electron chi connectivity index (χ0n) is 14.4. The van der Waals surface area contributed by atoms with Crippen molar-refractivity contribution in [3.05, 3.63) is 23.8 Å². The lowest BCUT2D eigenvalue weighted by Gasteiger charge is -2.37. The minimum Gasteiger partial charge on any atom is -0.478 e. The number of aliphatic hydroxyl groups excluding tert-OH is 4. The first-order chi connectivity index (χ1) is 11.8. The number of allylic oxidation sites excluding steroid dienone is 2. The quantitative estimate of drug-likeness (QED) is 0.443. The predicted octanol–water partition coefficient (Wildman–Crippen LogP) is 0.699. The highest BCUT2D eigenvalue weighted by Gasteiger charge is 2.46. The molecule has 3 aliphatic carbocycles. The lowest BCUT2D eigenvalue weighted by molar-refractivity contribution is -0.134. The minimum atomic E-state index is -1.27.